The van der Waals surface area contributed by atoms with Crippen molar-refractivity contribution in [1.82, 2.24) is 20.0 Å². The number of sulfonamides is 1. The number of aromatic nitrogens is 2. The molecular weight excluding hydrogens is 591 g/mol. The lowest BCUT2D eigenvalue weighted by Gasteiger charge is -2.29. The van der Waals surface area contributed by atoms with Crippen LogP contribution in [-0.2, 0) is 32.6 Å². The predicted molar refractivity (Wildman–Crippen MR) is 149 cm³/mol. The van der Waals surface area contributed by atoms with E-state index in [4.69, 9.17) is 4.74 Å². The highest BCUT2D eigenvalue weighted by molar-refractivity contribution is 7.89. The Balaban J connectivity index is 1.78. The van der Waals surface area contributed by atoms with Crippen molar-refractivity contribution < 1.29 is 41.1 Å². The normalized spacial score (nSPS) is 12.9. The standard InChI is InChI=1S/C28H32F3N5O6S/c1-5-36-24(10-11-34-36)23-13-22(43(39,40)35-42-26(38)28(29,30)31)9-8-19(23)14-27(3,4)33-16-21(37)17-41-25-12-18(2)6-7-20(25)15-32/h6-13,21,33,35,37H,5,14,16-17H2,1-4H3/t21-/m0/s1. The number of hydrogen-bond donors (Lipinski definition) is 3. The first-order valence-corrected chi connectivity index (χ1v) is 14.6. The number of ether oxygens (including phenoxy) is 1. The fraction of sp³-hybridized carbons (Fsp3) is 0.393. The maximum Gasteiger partial charge on any atom is 0.492 e. The summed E-state index contributed by atoms with van der Waals surface area (Å²) in [6.07, 6.45) is -4.45. The number of aryl methyl sites for hydroxylation is 2. The van der Waals surface area contributed by atoms with Crippen LogP contribution in [0.25, 0.3) is 11.3 Å². The van der Waals surface area contributed by atoms with E-state index in [1.165, 1.54) is 29.3 Å². The van der Waals surface area contributed by atoms with Crippen molar-refractivity contribution >= 4 is 16.0 Å². The van der Waals surface area contributed by atoms with Crippen LogP contribution in [0.2, 0.25) is 0 Å². The van der Waals surface area contributed by atoms with Crippen molar-refractivity contribution in [1.29, 1.82) is 5.26 Å². The topological polar surface area (TPSA) is 156 Å². The SMILES string of the molecule is CCn1nccc1-c1cc(S(=O)(=O)NOC(=O)C(F)(F)F)ccc1CC(C)(C)NC[C@H](O)COc1cc(C)ccc1C#N. The van der Waals surface area contributed by atoms with E-state index >= 15 is 0 Å². The lowest BCUT2D eigenvalue weighted by Crippen LogP contribution is -2.46. The Morgan fingerprint density at radius 2 is 1.91 bits per heavy atom. The third kappa shape index (κ3) is 9.01. The summed E-state index contributed by atoms with van der Waals surface area (Å²) in [5.41, 5.74) is 2.27. The lowest BCUT2D eigenvalue weighted by atomic mass is 9.90. The summed E-state index contributed by atoms with van der Waals surface area (Å²) in [4.78, 5) is 15.6. The Morgan fingerprint density at radius 1 is 1.19 bits per heavy atom. The van der Waals surface area contributed by atoms with Crippen LogP contribution >= 0.6 is 0 Å². The van der Waals surface area contributed by atoms with E-state index in [1.54, 1.807) is 28.9 Å². The zero-order chi connectivity index (χ0) is 32.0. The summed E-state index contributed by atoms with van der Waals surface area (Å²) in [6.45, 7) is 7.95. The highest BCUT2D eigenvalue weighted by Gasteiger charge is 2.42. The molecule has 43 heavy (non-hydrogen) atoms. The van der Waals surface area contributed by atoms with Gasteiger partial charge in [-0.15, -0.1) is 0 Å². The fourth-order valence-electron chi connectivity index (χ4n) is 4.15. The van der Waals surface area contributed by atoms with Gasteiger partial charge >= 0.3 is 12.1 Å². The van der Waals surface area contributed by atoms with Crippen LogP contribution in [0.3, 0.4) is 0 Å². The van der Waals surface area contributed by atoms with Gasteiger partial charge in [-0.1, -0.05) is 12.1 Å². The molecule has 2 aromatic carbocycles. The second-order valence-electron chi connectivity index (χ2n) is 10.3. The van der Waals surface area contributed by atoms with Crippen LogP contribution in [0.15, 0.2) is 53.6 Å². The Morgan fingerprint density at radius 3 is 2.56 bits per heavy atom. The number of alkyl halides is 3. The number of carbonyl (C=O) groups is 1. The number of nitrogens with one attached hydrogen (secondary N) is 2. The van der Waals surface area contributed by atoms with E-state index in [9.17, 15) is 36.8 Å². The molecule has 11 nitrogen and oxygen atoms in total. The minimum absolute atomic E-state index is 0.0688. The summed E-state index contributed by atoms with van der Waals surface area (Å²) in [6, 6.07) is 12.8. The van der Waals surface area contributed by atoms with Crippen molar-refractivity contribution in [3.63, 3.8) is 0 Å². The molecule has 0 saturated carbocycles. The van der Waals surface area contributed by atoms with E-state index < -0.39 is 38.7 Å². The Kier molecular flexibility index (Phi) is 10.6. The van der Waals surface area contributed by atoms with Gasteiger partial charge in [0, 0.05) is 30.4 Å². The molecule has 3 N–H and O–H groups in total. The molecule has 0 spiro atoms. The molecule has 1 aromatic heterocycles. The zero-order valence-electron chi connectivity index (χ0n) is 23.9. The molecule has 0 radical (unpaired) electrons. The van der Waals surface area contributed by atoms with E-state index in [-0.39, 0.29) is 13.2 Å². The molecule has 0 aliphatic rings. The van der Waals surface area contributed by atoms with Gasteiger partial charge in [0.2, 0.25) is 0 Å². The van der Waals surface area contributed by atoms with Gasteiger partial charge in [-0.3, -0.25) is 4.68 Å². The largest absolute Gasteiger partial charge is 0.492 e. The van der Waals surface area contributed by atoms with E-state index in [0.717, 1.165) is 5.56 Å². The van der Waals surface area contributed by atoms with E-state index in [1.807, 2.05) is 33.8 Å². The van der Waals surface area contributed by atoms with Gasteiger partial charge in [0.05, 0.1) is 16.2 Å². The Labute approximate surface area is 247 Å². The number of nitrogens with zero attached hydrogens (tertiary/aromatic N) is 3. The second kappa shape index (κ2) is 13.6. The number of carbonyl (C=O) groups excluding carboxylic acids is 1. The summed E-state index contributed by atoms with van der Waals surface area (Å²) in [5.74, 6) is -2.34. The molecule has 3 aromatic rings. The Bertz CT molecular complexity index is 1600. The first-order chi connectivity index (χ1) is 20.1. The Hall–Kier alpha value is -3.97. The minimum atomic E-state index is -5.39. The van der Waals surface area contributed by atoms with Crippen molar-refractivity contribution in [2.45, 2.75) is 63.4 Å². The van der Waals surface area contributed by atoms with Crippen LogP contribution in [0, 0.1) is 18.3 Å². The third-order valence-corrected chi connectivity index (χ3v) is 7.47. The van der Waals surface area contributed by atoms with Gasteiger partial charge in [0.1, 0.15) is 24.5 Å². The van der Waals surface area contributed by atoms with Crippen molar-refractivity contribution in [3.8, 4) is 23.1 Å². The summed E-state index contributed by atoms with van der Waals surface area (Å²) >= 11 is 0. The molecule has 15 heteroatoms. The van der Waals surface area contributed by atoms with Crippen molar-refractivity contribution in [3.05, 3.63) is 65.4 Å². The lowest BCUT2D eigenvalue weighted by molar-refractivity contribution is -0.203. The molecule has 0 unspecified atom stereocenters. The summed E-state index contributed by atoms with van der Waals surface area (Å²) < 4.78 is 70.1. The highest BCUT2D eigenvalue weighted by Crippen LogP contribution is 2.30. The zero-order valence-corrected chi connectivity index (χ0v) is 24.7. The molecule has 0 aliphatic heterocycles. The number of aliphatic hydroxyl groups excluding tert-OH is 1. The molecule has 0 fully saturated rings. The van der Waals surface area contributed by atoms with Gasteiger partial charge in [-0.2, -0.15) is 23.5 Å². The van der Waals surface area contributed by atoms with Gasteiger partial charge < -0.3 is 20.0 Å². The average Bonchev–Trinajstić information content (AvgIpc) is 3.42. The average molecular weight is 624 g/mol. The number of β-amino-alcohol motifs (C(OH)–C–C–N with tert-alkyl or cyclic N) is 1. The molecule has 0 amide bonds. The fourth-order valence-corrected chi connectivity index (χ4v) is 4.95. The second-order valence-corrected chi connectivity index (χ2v) is 12.0. The molecule has 0 saturated heterocycles. The maximum atomic E-state index is 12.7. The molecule has 0 bridgehead atoms. The van der Waals surface area contributed by atoms with E-state index in [2.05, 4.69) is 15.3 Å². The van der Waals surface area contributed by atoms with Crippen LogP contribution in [0.4, 0.5) is 13.2 Å². The van der Waals surface area contributed by atoms with Crippen LogP contribution in [0.1, 0.15) is 37.5 Å². The summed E-state index contributed by atoms with van der Waals surface area (Å²) in [5, 5.41) is 27.3. The van der Waals surface area contributed by atoms with E-state index in [0.29, 0.717) is 41.1 Å². The highest BCUT2D eigenvalue weighted by atomic mass is 32.2. The van der Waals surface area contributed by atoms with Gasteiger partial charge in [-0.05, 0) is 80.5 Å². The summed E-state index contributed by atoms with van der Waals surface area (Å²) in [7, 11) is -4.67. The predicted octanol–water partition coefficient (Wildman–Crippen LogP) is 3.40. The molecule has 0 aliphatic carbocycles. The maximum absolute atomic E-state index is 12.7. The number of aliphatic hydroxyl groups is 1. The number of hydrogen-bond acceptors (Lipinski definition) is 9. The number of rotatable bonds is 13. The number of nitriles is 1. The van der Waals surface area contributed by atoms with Gasteiger partial charge in [-0.25, -0.2) is 13.2 Å². The molecule has 232 valence electrons. The monoisotopic (exact) mass is 623 g/mol. The number of halogens is 3. The third-order valence-electron chi connectivity index (χ3n) is 6.30. The van der Waals surface area contributed by atoms with Crippen molar-refractivity contribution in [2.75, 3.05) is 13.2 Å². The minimum Gasteiger partial charge on any atom is -0.489 e. The smallest absolute Gasteiger partial charge is 0.489 e. The molecular formula is C28H32F3N5O6S. The van der Waals surface area contributed by atoms with Crippen LogP contribution in [-0.4, -0.2) is 60.2 Å². The van der Waals surface area contributed by atoms with Crippen LogP contribution in [0.5, 0.6) is 5.75 Å². The van der Waals surface area contributed by atoms with Crippen molar-refractivity contribution in [2.24, 2.45) is 0 Å². The molecule has 3 rings (SSSR count). The molecule has 1 atom stereocenters. The van der Waals surface area contributed by atoms with Gasteiger partial charge in [0.15, 0.2) is 0 Å². The first kappa shape index (κ1) is 33.5. The molecule has 1 heterocycles. The van der Waals surface area contributed by atoms with Crippen LogP contribution < -0.4 is 14.9 Å². The van der Waals surface area contributed by atoms with Gasteiger partial charge in [0.25, 0.3) is 10.0 Å². The first-order valence-electron chi connectivity index (χ1n) is 13.1. The quantitative estimate of drug-likeness (QED) is 0.243. The number of benzene rings is 2.